The van der Waals surface area contributed by atoms with Gasteiger partial charge in [0, 0.05) is 35.3 Å². The molecule has 0 radical (unpaired) electrons. The van der Waals surface area contributed by atoms with Crippen molar-refractivity contribution in [3.63, 3.8) is 0 Å². The molecule has 1 fully saturated rings. The minimum absolute atomic E-state index is 0. The van der Waals surface area contributed by atoms with Crippen LogP contribution in [0.2, 0.25) is 0 Å². The van der Waals surface area contributed by atoms with Crippen molar-refractivity contribution in [2.45, 2.75) is 25.6 Å². The van der Waals surface area contributed by atoms with E-state index in [1.807, 2.05) is 11.3 Å². The first kappa shape index (κ1) is 17.7. The van der Waals surface area contributed by atoms with Crippen LogP contribution in [0, 0.1) is 6.92 Å². The SMILES string of the molecule is Cc1sc2ccccc2c1CN1C[C@@H](N)[C@H](O)C1.Cl.Cl. The third kappa shape index (κ3) is 3.27. The average Bonchev–Trinajstić information content (AvgIpc) is 2.82. The van der Waals surface area contributed by atoms with Crippen LogP contribution in [0.1, 0.15) is 10.4 Å². The Hall–Kier alpha value is -0.360. The van der Waals surface area contributed by atoms with Gasteiger partial charge in [-0.1, -0.05) is 18.2 Å². The molecule has 0 amide bonds. The molecule has 0 aliphatic carbocycles. The fourth-order valence-corrected chi connectivity index (χ4v) is 3.74. The van der Waals surface area contributed by atoms with Crippen molar-refractivity contribution in [3.8, 4) is 0 Å². The number of nitrogens with two attached hydrogens (primary N) is 1. The second-order valence-corrected chi connectivity index (χ2v) is 6.31. The minimum atomic E-state index is -0.379. The molecule has 3 nitrogen and oxygen atoms in total. The van der Waals surface area contributed by atoms with Crippen molar-refractivity contribution in [1.29, 1.82) is 0 Å². The fourth-order valence-electron chi connectivity index (χ4n) is 2.66. The molecule has 2 heterocycles. The summed E-state index contributed by atoms with van der Waals surface area (Å²) in [6, 6.07) is 8.41. The molecule has 0 unspecified atom stereocenters. The maximum atomic E-state index is 9.72. The minimum Gasteiger partial charge on any atom is -0.390 e. The van der Waals surface area contributed by atoms with Crippen LogP contribution in [0.15, 0.2) is 24.3 Å². The summed E-state index contributed by atoms with van der Waals surface area (Å²) in [5.41, 5.74) is 7.25. The highest BCUT2D eigenvalue weighted by Crippen LogP contribution is 2.32. The lowest BCUT2D eigenvalue weighted by Crippen LogP contribution is -2.32. The third-order valence-electron chi connectivity index (χ3n) is 3.69. The Morgan fingerprint density at radius 3 is 2.65 bits per heavy atom. The Kier molecular flexibility index (Phi) is 6.25. The second kappa shape index (κ2) is 7.07. The number of aliphatic hydroxyl groups excluding tert-OH is 1. The number of hydrogen-bond acceptors (Lipinski definition) is 4. The molecule has 3 N–H and O–H groups in total. The van der Waals surface area contributed by atoms with Crippen molar-refractivity contribution in [3.05, 3.63) is 34.7 Å². The van der Waals surface area contributed by atoms with Crippen molar-refractivity contribution < 1.29 is 5.11 Å². The number of likely N-dealkylation sites (tertiary alicyclic amines) is 1. The van der Waals surface area contributed by atoms with E-state index in [1.54, 1.807) is 0 Å². The Balaban J connectivity index is 0.000001000. The van der Waals surface area contributed by atoms with E-state index < -0.39 is 0 Å². The fraction of sp³-hybridized carbons (Fsp3) is 0.429. The van der Waals surface area contributed by atoms with Crippen molar-refractivity contribution >= 4 is 46.2 Å². The van der Waals surface area contributed by atoms with Gasteiger partial charge in [-0.15, -0.1) is 36.2 Å². The van der Waals surface area contributed by atoms with E-state index in [9.17, 15) is 5.11 Å². The molecular weight excluding hydrogens is 315 g/mol. The number of rotatable bonds is 2. The first-order valence-electron chi connectivity index (χ1n) is 6.28. The average molecular weight is 335 g/mol. The van der Waals surface area contributed by atoms with Gasteiger partial charge in [0.05, 0.1) is 6.10 Å². The molecule has 2 atom stereocenters. The van der Waals surface area contributed by atoms with Gasteiger partial charge < -0.3 is 10.8 Å². The van der Waals surface area contributed by atoms with Gasteiger partial charge in [0.2, 0.25) is 0 Å². The maximum absolute atomic E-state index is 9.72. The highest BCUT2D eigenvalue weighted by molar-refractivity contribution is 7.19. The lowest BCUT2D eigenvalue weighted by atomic mass is 10.1. The van der Waals surface area contributed by atoms with E-state index in [0.29, 0.717) is 6.54 Å². The molecule has 3 rings (SSSR count). The summed E-state index contributed by atoms with van der Waals surface area (Å²) in [4.78, 5) is 3.61. The Bertz CT molecular complexity index is 565. The number of nitrogens with zero attached hydrogens (tertiary/aromatic N) is 1. The zero-order valence-corrected chi connectivity index (χ0v) is 13.7. The van der Waals surface area contributed by atoms with E-state index in [1.165, 1.54) is 20.5 Å². The van der Waals surface area contributed by atoms with Gasteiger partial charge in [0.1, 0.15) is 0 Å². The maximum Gasteiger partial charge on any atom is 0.0830 e. The van der Waals surface area contributed by atoms with Gasteiger partial charge in [0.15, 0.2) is 0 Å². The number of benzene rings is 1. The smallest absolute Gasteiger partial charge is 0.0830 e. The summed E-state index contributed by atoms with van der Waals surface area (Å²) in [7, 11) is 0. The van der Waals surface area contributed by atoms with Crippen LogP contribution in [0.5, 0.6) is 0 Å². The zero-order chi connectivity index (χ0) is 12.7. The second-order valence-electron chi connectivity index (χ2n) is 5.06. The van der Waals surface area contributed by atoms with Crippen LogP contribution in [-0.2, 0) is 6.54 Å². The summed E-state index contributed by atoms with van der Waals surface area (Å²) in [5.74, 6) is 0. The van der Waals surface area contributed by atoms with Crippen molar-refractivity contribution in [2.24, 2.45) is 5.73 Å². The summed E-state index contributed by atoms with van der Waals surface area (Å²) in [6.07, 6.45) is -0.379. The monoisotopic (exact) mass is 334 g/mol. The first-order chi connectivity index (χ1) is 8.65. The predicted octanol–water partition coefficient (Wildman–Crippen LogP) is 2.56. The molecule has 1 aromatic heterocycles. The predicted molar refractivity (Wildman–Crippen MR) is 90.3 cm³/mol. The van der Waals surface area contributed by atoms with E-state index in [4.69, 9.17) is 5.73 Å². The number of halogens is 2. The van der Waals surface area contributed by atoms with Gasteiger partial charge in [-0.05, 0) is 23.9 Å². The summed E-state index contributed by atoms with van der Waals surface area (Å²) in [6.45, 7) is 4.53. The Morgan fingerprint density at radius 1 is 1.30 bits per heavy atom. The normalized spacial score (nSPS) is 22.6. The molecule has 1 aliphatic heterocycles. The number of β-amino-alcohol motifs (C(OH)–C–C–N with tert-alkyl or cyclic N) is 1. The van der Waals surface area contributed by atoms with E-state index in [-0.39, 0.29) is 37.0 Å². The van der Waals surface area contributed by atoms with Crippen LogP contribution in [0.4, 0.5) is 0 Å². The molecule has 6 heteroatoms. The van der Waals surface area contributed by atoms with Gasteiger partial charge in [-0.3, -0.25) is 4.90 Å². The molecule has 0 spiro atoms. The number of hydrogen-bond donors (Lipinski definition) is 2. The number of fused-ring (bicyclic) bond motifs is 1. The van der Waals surface area contributed by atoms with Crippen LogP contribution < -0.4 is 5.73 Å². The molecule has 1 aromatic carbocycles. The van der Waals surface area contributed by atoms with Crippen LogP contribution >= 0.6 is 36.2 Å². The highest BCUT2D eigenvalue weighted by atomic mass is 35.5. The molecular formula is C14H20Cl2N2OS. The number of aryl methyl sites for hydroxylation is 1. The molecule has 20 heavy (non-hydrogen) atoms. The van der Waals surface area contributed by atoms with E-state index in [2.05, 4.69) is 36.1 Å². The topological polar surface area (TPSA) is 49.5 Å². The molecule has 1 saturated heterocycles. The molecule has 1 aliphatic rings. The Morgan fingerprint density at radius 2 is 2.00 bits per heavy atom. The number of thiophene rings is 1. The molecule has 2 aromatic rings. The quantitative estimate of drug-likeness (QED) is 0.887. The summed E-state index contributed by atoms with van der Waals surface area (Å²) >= 11 is 1.84. The lowest BCUT2D eigenvalue weighted by Gasteiger charge is -2.15. The summed E-state index contributed by atoms with van der Waals surface area (Å²) < 4.78 is 1.34. The first-order valence-corrected chi connectivity index (χ1v) is 7.10. The largest absolute Gasteiger partial charge is 0.390 e. The summed E-state index contributed by atoms with van der Waals surface area (Å²) in [5, 5.41) is 11.1. The van der Waals surface area contributed by atoms with Gasteiger partial charge in [0.25, 0.3) is 0 Å². The lowest BCUT2D eigenvalue weighted by molar-refractivity contribution is 0.164. The van der Waals surface area contributed by atoms with Crippen LogP contribution in [-0.4, -0.2) is 35.2 Å². The zero-order valence-electron chi connectivity index (χ0n) is 11.3. The van der Waals surface area contributed by atoms with Crippen LogP contribution in [0.25, 0.3) is 10.1 Å². The van der Waals surface area contributed by atoms with E-state index in [0.717, 1.165) is 13.1 Å². The van der Waals surface area contributed by atoms with Gasteiger partial charge in [-0.25, -0.2) is 0 Å². The van der Waals surface area contributed by atoms with E-state index >= 15 is 0 Å². The highest BCUT2D eigenvalue weighted by Gasteiger charge is 2.28. The van der Waals surface area contributed by atoms with Crippen LogP contribution in [0.3, 0.4) is 0 Å². The van der Waals surface area contributed by atoms with Crippen molar-refractivity contribution in [1.82, 2.24) is 4.90 Å². The standard InChI is InChI=1S/C14H18N2OS.2ClH/c1-9-11(6-16-7-12(15)13(17)8-16)10-4-2-3-5-14(10)18-9;;/h2-5,12-13,17H,6-8,15H2,1H3;2*1H/t12-,13-;;/m1../s1. The third-order valence-corrected chi connectivity index (χ3v) is 4.82. The van der Waals surface area contributed by atoms with Gasteiger partial charge >= 0.3 is 0 Å². The van der Waals surface area contributed by atoms with Crippen molar-refractivity contribution in [2.75, 3.05) is 13.1 Å². The Labute approximate surface area is 135 Å². The molecule has 112 valence electrons. The van der Waals surface area contributed by atoms with Gasteiger partial charge in [-0.2, -0.15) is 0 Å². The molecule has 0 bridgehead atoms. The molecule has 0 saturated carbocycles. The number of aliphatic hydroxyl groups is 1.